The Bertz CT molecular complexity index is 781. The average Bonchev–Trinajstić information content (AvgIpc) is 3.20. The van der Waals surface area contributed by atoms with Gasteiger partial charge in [-0.2, -0.15) is 0 Å². The van der Waals surface area contributed by atoms with Gasteiger partial charge in [-0.15, -0.1) is 24.0 Å². The van der Waals surface area contributed by atoms with E-state index in [0.717, 1.165) is 31.0 Å². The second-order valence-electron chi connectivity index (χ2n) is 6.56. The molecule has 0 bridgehead atoms. The third-order valence-electron chi connectivity index (χ3n) is 4.81. The van der Waals surface area contributed by atoms with E-state index < -0.39 is 6.09 Å². The Hall–Kier alpha value is -2.29. The van der Waals surface area contributed by atoms with Gasteiger partial charge >= 0.3 is 6.09 Å². The van der Waals surface area contributed by atoms with Crippen LogP contribution in [0.4, 0.5) is 10.5 Å². The summed E-state index contributed by atoms with van der Waals surface area (Å²) in [4.78, 5) is 18.0. The number of benzene rings is 2. The number of ether oxygens (including phenoxy) is 1. The van der Waals surface area contributed by atoms with E-state index in [4.69, 9.17) is 0 Å². The van der Waals surface area contributed by atoms with Crippen LogP contribution < -0.4 is 10.6 Å². The number of rotatable bonds is 4. The van der Waals surface area contributed by atoms with Crippen molar-refractivity contribution >= 4 is 41.7 Å². The molecule has 7 heteroatoms. The van der Waals surface area contributed by atoms with Crippen LogP contribution in [-0.2, 0) is 11.3 Å². The number of amides is 1. The molecular formula is C21H27IN4O2. The normalized spacial score (nSPS) is 16.3. The fourth-order valence-electron chi connectivity index (χ4n) is 3.34. The van der Waals surface area contributed by atoms with Gasteiger partial charge in [0.15, 0.2) is 5.96 Å². The topological polar surface area (TPSA) is 66.0 Å². The SMILES string of the molecule is CN=C(NCc1ccc(NC(=O)OC)cc1)N1CCC(c2ccccc2)C1.I. The van der Waals surface area contributed by atoms with Crippen LogP contribution in [0, 0.1) is 0 Å². The lowest BCUT2D eigenvalue weighted by Gasteiger charge is -2.22. The number of hydrogen-bond donors (Lipinski definition) is 2. The summed E-state index contributed by atoms with van der Waals surface area (Å²) in [7, 11) is 3.17. The van der Waals surface area contributed by atoms with Crippen molar-refractivity contribution in [1.29, 1.82) is 0 Å². The lowest BCUT2D eigenvalue weighted by Crippen LogP contribution is -2.39. The van der Waals surface area contributed by atoms with Crippen LogP contribution in [0.3, 0.4) is 0 Å². The molecule has 1 aliphatic rings. The average molecular weight is 494 g/mol. The molecule has 3 rings (SSSR count). The summed E-state index contributed by atoms with van der Waals surface area (Å²) in [5, 5.41) is 6.08. The molecule has 6 nitrogen and oxygen atoms in total. The van der Waals surface area contributed by atoms with Crippen molar-refractivity contribution in [2.45, 2.75) is 18.9 Å². The van der Waals surface area contributed by atoms with Crippen LogP contribution in [0.1, 0.15) is 23.5 Å². The quantitative estimate of drug-likeness (QED) is 0.383. The highest BCUT2D eigenvalue weighted by Gasteiger charge is 2.25. The maximum atomic E-state index is 11.2. The van der Waals surface area contributed by atoms with E-state index in [1.165, 1.54) is 12.7 Å². The Balaban J connectivity index is 0.00000280. The number of nitrogens with one attached hydrogen (secondary N) is 2. The van der Waals surface area contributed by atoms with Gasteiger partial charge in [-0.05, 0) is 29.7 Å². The number of likely N-dealkylation sites (tertiary alicyclic amines) is 1. The van der Waals surface area contributed by atoms with Crippen molar-refractivity contribution in [3.8, 4) is 0 Å². The highest BCUT2D eigenvalue weighted by atomic mass is 127. The molecule has 1 saturated heterocycles. The maximum absolute atomic E-state index is 11.2. The third kappa shape index (κ3) is 5.85. The summed E-state index contributed by atoms with van der Waals surface area (Å²) in [5.41, 5.74) is 3.22. The van der Waals surface area contributed by atoms with E-state index in [1.54, 1.807) is 0 Å². The Morgan fingerprint density at radius 1 is 1.18 bits per heavy atom. The minimum absolute atomic E-state index is 0. The molecule has 0 saturated carbocycles. The van der Waals surface area contributed by atoms with E-state index in [1.807, 2.05) is 31.3 Å². The maximum Gasteiger partial charge on any atom is 0.411 e. The van der Waals surface area contributed by atoms with Crippen LogP contribution in [0.2, 0.25) is 0 Å². The van der Waals surface area contributed by atoms with Crippen LogP contribution >= 0.6 is 24.0 Å². The monoisotopic (exact) mass is 494 g/mol. The minimum Gasteiger partial charge on any atom is -0.453 e. The molecule has 1 amide bonds. The number of carbonyl (C=O) groups excluding carboxylic acids is 1. The van der Waals surface area contributed by atoms with E-state index in [2.05, 4.69) is 55.6 Å². The Morgan fingerprint density at radius 3 is 2.54 bits per heavy atom. The molecule has 1 heterocycles. The summed E-state index contributed by atoms with van der Waals surface area (Å²) in [6.07, 6.45) is 0.668. The molecule has 2 aromatic rings. The standard InChI is InChI=1S/C21H26N4O2.HI/c1-22-20(25-13-12-18(15-25)17-6-4-3-5-7-17)23-14-16-8-10-19(11-9-16)24-21(26)27-2;/h3-11,18H,12-15H2,1-2H3,(H,22,23)(H,24,26);1H. The Morgan fingerprint density at radius 2 is 1.89 bits per heavy atom. The fraction of sp³-hybridized carbons (Fsp3) is 0.333. The van der Waals surface area contributed by atoms with Gasteiger partial charge in [-0.1, -0.05) is 42.5 Å². The van der Waals surface area contributed by atoms with Gasteiger partial charge in [0.05, 0.1) is 7.11 Å². The second kappa shape index (κ2) is 10.9. The van der Waals surface area contributed by atoms with Gasteiger partial charge in [0.25, 0.3) is 0 Å². The zero-order valence-electron chi connectivity index (χ0n) is 16.2. The minimum atomic E-state index is -0.469. The van der Waals surface area contributed by atoms with Crippen LogP contribution in [0.15, 0.2) is 59.6 Å². The first kappa shape index (κ1) is 22.0. The molecule has 1 unspecified atom stereocenters. The zero-order valence-corrected chi connectivity index (χ0v) is 18.6. The molecule has 0 radical (unpaired) electrons. The highest BCUT2D eigenvalue weighted by molar-refractivity contribution is 14.0. The molecule has 0 aromatic heterocycles. The predicted octanol–water partition coefficient (Wildman–Crippen LogP) is 4.05. The van der Waals surface area contributed by atoms with Gasteiger partial charge in [-0.3, -0.25) is 10.3 Å². The molecule has 2 aromatic carbocycles. The second-order valence-corrected chi connectivity index (χ2v) is 6.56. The lowest BCUT2D eigenvalue weighted by atomic mass is 9.99. The number of methoxy groups -OCH3 is 1. The zero-order chi connectivity index (χ0) is 19.1. The number of aliphatic imine (C=N–C) groups is 1. The van der Waals surface area contributed by atoms with Gasteiger partial charge in [-0.25, -0.2) is 4.79 Å². The largest absolute Gasteiger partial charge is 0.453 e. The predicted molar refractivity (Wildman–Crippen MR) is 123 cm³/mol. The van der Waals surface area contributed by atoms with Crippen LogP contribution in [0.25, 0.3) is 0 Å². The number of carbonyl (C=O) groups is 1. The summed E-state index contributed by atoms with van der Waals surface area (Å²) < 4.78 is 4.59. The van der Waals surface area contributed by atoms with E-state index >= 15 is 0 Å². The van der Waals surface area contributed by atoms with E-state index in [0.29, 0.717) is 18.2 Å². The molecular weight excluding hydrogens is 467 g/mol. The number of guanidine groups is 1. The molecule has 1 fully saturated rings. The molecule has 150 valence electrons. The fourth-order valence-corrected chi connectivity index (χ4v) is 3.34. The Labute approximate surface area is 183 Å². The van der Waals surface area contributed by atoms with Crippen LogP contribution in [-0.4, -0.2) is 44.2 Å². The lowest BCUT2D eigenvalue weighted by molar-refractivity contribution is 0.187. The van der Waals surface area contributed by atoms with Crippen molar-refractivity contribution in [2.75, 3.05) is 32.6 Å². The number of hydrogen-bond acceptors (Lipinski definition) is 3. The van der Waals surface area contributed by atoms with Crippen LogP contribution in [0.5, 0.6) is 0 Å². The van der Waals surface area contributed by atoms with Gasteiger partial charge < -0.3 is 15.0 Å². The van der Waals surface area contributed by atoms with Crippen molar-refractivity contribution < 1.29 is 9.53 Å². The molecule has 0 aliphatic carbocycles. The Kier molecular flexibility index (Phi) is 8.56. The summed E-state index contributed by atoms with van der Waals surface area (Å²) >= 11 is 0. The first-order valence-electron chi connectivity index (χ1n) is 9.14. The van der Waals surface area contributed by atoms with Gasteiger partial charge in [0.2, 0.25) is 0 Å². The van der Waals surface area contributed by atoms with Gasteiger partial charge in [0.1, 0.15) is 0 Å². The summed E-state index contributed by atoms with van der Waals surface area (Å²) in [5.74, 6) is 1.47. The number of nitrogens with zero attached hydrogens (tertiary/aromatic N) is 2. The highest BCUT2D eigenvalue weighted by Crippen LogP contribution is 2.26. The third-order valence-corrected chi connectivity index (χ3v) is 4.81. The first-order valence-corrected chi connectivity index (χ1v) is 9.14. The van der Waals surface area contributed by atoms with Crippen molar-refractivity contribution in [3.05, 3.63) is 65.7 Å². The number of anilines is 1. The van der Waals surface area contributed by atoms with Crippen molar-refractivity contribution in [2.24, 2.45) is 4.99 Å². The molecule has 1 aliphatic heterocycles. The van der Waals surface area contributed by atoms with E-state index in [9.17, 15) is 4.79 Å². The molecule has 2 N–H and O–H groups in total. The smallest absolute Gasteiger partial charge is 0.411 e. The first-order chi connectivity index (χ1) is 13.2. The number of halogens is 1. The van der Waals surface area contributed by atoms with E-state index in [-0.39, 0.29) is 24.0 Å². The summed E-state index contributed by atoms with van der Waals surface area (Å²) in [6, 6.07) is 18.3. The van der Waals surface area contributed by atoms with Crippen molar-refractivity contribution in [3.63, 3.8) is 0 Å². The molecule has 1 atom stereocenters. The van der Waals surface area contributed by atoms with Gasteiger partial charge in [0, 0.05) is 38.3 Å². The molecule has 28 heavy (non-hydrogen) atoms. The summed E-state index contributed by atoms with van der Waals surface area (Å²) in [6.45, 7) is 2.66. The van der Waals surface area contributed by atoms with Crippen molar-refractivity contribution in [1.82, 2.24) is 10.2 Å². The molecule has 0 spiro atoms.